The lowest BCUT2D eigenvalue weighted by atomic mass is 9.88. The largest absolute Gasteiger partial charge is 0.381 e. The lowest BCUT2D eigenvalue weighted by Crippen LogP contribution is -2.59. The number of aliphatic imine (C=N–C) groups is 1. The Labute approximate surface area is 159 Å². The van der Waals surface area contributed by atoms with Crippen LogP contribution in [0.4, 0.5) is 0 Å². The molecule has 0 saturated carbocycles. The highest BCUT2D eigenvalue weighted by Crippen LogP contribution is 2.30. The van der Waals surface area contributed by atoms with Crippen LogP contribution in [0.25, 0.3) is 0 Å². The van der Waals surface area contributed by atoms with Crippen LogP contribution in [0.3, 0.4) is 0 Å². The summed E-state index contributed by atoms with van der Waals surface area (Å²) in [6, 6.07) is 1.08. The van der Waals surface area contributed by atoms with E-state index >= 15 is 0 Å². The van der Waals surface area contributed by atoms with E-state index in [2.05, 4.69) is 46.2 Å². The first kappa shape index (κ1) is 19.9. The van der Waals surface area contributed by atoms with Crippen LogP contribution in [0.2, 0.25) is 0 Å². The second-order valence-electron chi connectivity index (χ2n) is 8.73. The zero-order chi connectivity index (χ0) is 18.6. The minimum atomic E-state index is 0.234. The second kappa shape index (κ2) is 8.89. The van der Waals surface area contributed by atoms with Crippen molar-refractivity contribution in [2.45, 2.75) is 64.1 Å². The molecular formula is C20H39N5O. The van der Waals surface area contributed by atoms with E-state index in [-0.39, 0.29) is 5.54 Å². The first-order valence-corrected chi connectivity index (χ1v) is 10.6. The van der Waals surface area contributed by atoms with Crippen molar-refractivity contribution in [3.05, 3.63) is 0 Å². The Hall–Kier alpha value is -0.850. The van der Waals surface area contributed by atoms with Gasteiger partial charge in [-0.1, -0.05) is 6.92 Å². The SMILES string of the molecule is CN=C(NCC1(N2CCCC2)CCOCC1)NC1CN(C(C)C)CC1C. The summed E-state index contributed by atoms with van der Waals surface area (Å²) in [5, 5.41) is 7.37. The monoisotopic (exact) mass is 365 g/mol. The fraction of sp³-hybridized carbons (Fsp3) is 0.950. The third-order valence-corrected chi connectivity index (χ3v) is 6.70. The zero-order valence-electron chi connectivity index (χ0n) is 17.3. The average molecular weight is 366 g/mol. The maximum Gasteiger partial charge on any atom is 0.191 e. The number of rotatable bonds is 5. The lowest BCUT2D eigenvalue weighted by Gasteiger charge is -2.45. The molecule has 0 aromatic carbocycles. The molecule has 0 aromatic rings. The highest BCUT2D eigenvalue weighted by Gasteiger charge is 2.40. The molecule has 2 unspecified atom stereocenters. The van der Waals surface area contributed by atoms with Crippen LogP contribution in [0.15, 0.2) is 4.99 Å². The Morgan fingerprint density at radius 1 is 1.19 bits per heavy atom. The average Bonchev–Trinajstić information content (AvgIpc) is 3.30. The van der Waals surface area contributed by atoms with Crippen molar-refractivity contribution in [1.82, 2.24) is 20.4 Å². The summed E-state index contributed by atoms with van der Waals surface area (Å²) < 4.78 is 5.67. The fourth-order valence-electron chi connectivity index (χ4n) is 4.78. The van der Waals surface area contributed by atoms with Crippen LogP contribution >= 0.6 is 0 Å². The van der Waals surface area contributed by atoms with Crippen molar-refractivity contribution < 1.29 is 4.74 Å². The molecule has 26 heavy (non-hydrogen) atoms. The van der Waals surface area contributed by atoms with Crippen LogP contribution in [0.5, 0.6) is 0 Å². The van der Waals surface area contributed by atoms with Crippen molar-refractivity contribution in [1.29, 1.82) is 0 Å². The van der Waals surface area contributed by atoms with Crippen LogP contribution in [-0.2, 0) is 4.74 Å². The van der Waals surface area contributed by atoms with Gasteiger partial charge in [0.1, 0.15) is 0 Å². The summed E-state index contributed by atoms with van der Waals surface area (Å²) in [5.74, 6) is 1.60. The van der Waals surface area contributed by atoms with Gasteiger partial charge in [0, 0.05) is 57.5 Å². The van der Waals surface area contributed by atoms with E-state index in [1.807, 2.05) is 7.05 Å². The van der Waals surface area contributed by atoms with E-state index in [0.717, 1.165) is 45.1 Å². The van der Waals surface area contributed by atoms with E-state index < -0.39 is 0 Å². The molecule has 3 aliphatic heterocycles. The third-order valence-electron chi connectivity index (χ3n) is 6.70. The summed E-state index contributed by atoms with van der Waals surface area (Å²) in [6.45, 7) is 14.4. The predicted molar refractivity (Wildman–Crippen MR) is 108 cm³/mol. The van der Waals surface area contributed by atoms with Crippen LogP contribution in [-0.4, -0.2) is 86.4 Å². The minimum absolute atomic E-state index is 0.234. The Bertz CT molecular complexity index is 469. The van der Waals surface area contributed by atoms with Gasteiger partial charge in [-0.25, -0.2) is 0 Å². The van der Waals surface area contributed by atoms with E-state index in [0.29, 0.717) is 18.0 Å². The molecule has 6 nitrogen and oxygen atoms in total. The number of hydrogen-bond donors (Lipinski definition) is 2. The van der Waals surface area contributed by atoms with Gasteiger partial charge in [-0.3, -0.25) is 14.8 Å². The fourth-order valence-corrected chi connectivity index (χ4v) is 4.78. The second-order valence-corrected chi connectivity index (χ2v) is 8.73. The van der Waals surface area contributed by atoms with Crippen LogP contribution < -0.4 is 10.6 Å². The molecule has 0 aliphatic carbocycles. The molecule has 3 heterocycles. The molecule has 3 saturated heterocycles. The highest BCUT2D eigenvalue weighted by molar-refractivity contribution is 5.80. The topological polar surface area (TPSA) is 52.1 Å². The van der Waals surface area contributed by atoms with Gasteiger partial charge in [-0.15, -0.1) is 0 Å². The van der Waals surface area contributed by atoms with Crippen molar-refractivity contribution in [3.63, 3.8) is 0 Å². The Morgan fingerprint density at radius 3 is 2.46 bits per heavy atom. The van der Waals surface area contributed by atoms with Gasteiger partial charge in [-0.2, -0.15) is 0 Å². The normalized spacial score (nSPS) is 30.9. The Kier molecular flexibility index (Phi) is 6.81. The van der Waals surface area contributed by atoms with E-state index in [1.54, 1.807) is 0 Å². The van der Waals surface area contributed by atoms with Crippen molar-refractivity contribution in [3.8, 4) is 0 Å². The van der Waals surface area contributed by atoms with Crippen molar-refractivity contribution >= 4 is 5.96 Å². The number of ether oxygens (including phenoxy) is 1. The van der Waals surface area contributed by atoms with E-state index in [1.165, 1.54) is 32.5 Å². The molecule has 3 aliphatic rings. The molecule has 0 bridgehead atoms. The molecule has 3 fully saturated rings. The summed E-state index contributed by atoms with van der Waals surface area (Å²) in [5.41, 5.74) is 0.234. The summed E-state index contributed by atoms with van der Waals surface area (Å²) >= 11 is 0. The summed E-state index contributed by atoms with van der Waals surface area (Å²) in [7, 11) is 1.89. The molecule has 0 spiro atoms. The Balaban J connectivity index is 1.57. The molecular weight excluding hydrogens is 326 g/mol. The molecule has 150 valence electrons. The highest BCUT2D eigenvalue weighted by atomic mass is 16.5. The van der Waals surface area contributed by atoms with Gasteiger partial charge in [0.2, 0.25) is 0 Å². The van der Waals surface area contributed by atoms with Crippen LogP contribution in [0, 0.1) is 5.92 Å². The first-order chi connectivity index (χ1) is 12.5. The van der Waals surface area contributed by atoms with Gasteiger partial charge in [0.15, 0.2) is 5.96 Å². The van der Waals surface area contributed by atoms with Crippen molar-refractivity contribution in [2.75, 3.05) is 53.0 Å². The van der Waals surface area contributed by atoms with Gasteiger partial charge < -0.3 is 15.4 Å². The smallest absolute Gasteiger partial charge is 0.191 e. The lowest BCUT2D eigenvalue weighted by molar-refractivity contribution is -0.0164. The van der Waals surface area contributed by atoms with E-state index in [4.69, 9.17) is 4.74 Å². The number of guanidine groups is 1. The third kappa shape index (κ3) is 4.52. The molecule has 0 amide bonds. The van der Waals surface area contributed by atoms with Gasteiger partial charge in [0.05, 0.1) is 0 Å². The summed E-state index contributed by atoms with van der Waals surface area (Å²) in [6.07, 6.45) is 4.91. The first-order valence-electron chi connectivity index (χ1n) is 10.6. The molecule has 6 heteroatoms. The predicted octanol–water partition coefficient (Wildman–Crippen LogP) is 1.53. The standard InChI is InChI=1S/C20H39N5O/c1-16(2)24-13-17(3)18(14-24)23-19(21-4)22-15-20(7-11-26-12-8-20)25-9-5-6-10-25/h16-18H,5-15H2,1-4H3,(H2,21,22,23). The minimum Gasteiger partial charge on any atom is -0.381 e. The number of nitrogens with zero attached hydrogens (tertiary/aromatic N) is 3. The quantitative estimate of drug-likeness (QED) is 0.572. The van der Waals surface area contributed by atoms with E-state index in [9.17, 15) is 0 Å². The van der Waals surface area contributed by atoms with Gasteiger partial charge in [-0.05, 0) is 58.5 Å². The van der Waals surface area contributed by atoms with Crippen LogP contribution in [0.1, 0.15) is 46.5 Å². The molecule has 2 atom stereocenters. The number of nitrogens with one attached hydrogen (secondary N) is 2. The molecule has 2 N–H and O–H groups in total. The van der Waals surface area contributed by atoms with Crippen molar-refractivity contribution in [2.24, 2.45) is 10.9 Å². The Morgan fingerprint density at radius 2 is 1.88 bits per heavy atom. The number of hydrogen-bond acceptors (Lipinski definition) is 4. The molecule has 0 radical (unpaired) electrons. The maximum absolute atomic E-state index is 5.67. The number of likely N-dealkylation sites (tertiary alicyclic amines) is 2. The summed E-state index contributed by atoms with van der Waals surface area (Å²) in [4.78, 5) is 9.78. The maximum atomic E-state index is 5.67. The molecule has 0 aromatic heterocycles. The van der Waals surface area contributed by atoms with Gasteiger partial charge in [0.25, 0.3) is 0 Å². The molecule has 3 rings (SSSR count). The van der Waals surface area contributed by atoms with Gasteiger partial charge >= 0.3 is 0 Å². The zero-order valence-corrected chi connectivity index (χ0v) is 17.3.